The predicted octanol–water partition coefficient (Wildman–Crippen LogP) is 5.50. The molecule has 0 bridgehead atoms. The van der Waals surface area contributed by atoms with Crippen molar-refractivity contribution in [1.29, 1.82) is 0 Å². The molecule has 1 aliphatic heterocycles. The molecule has 0 fully saturated rings. The minimum absolute atomic E-state index is 0.0394. The molecule has 1 amide bonds. The van der Waals surface area contributed by atoms with E-state index in [1.807, 2.05) is 20.8 Å². The van der Waals surface area contributed by atoms with Crippen molar-refractivity contribution >= 4 is 34.3 Å². The van der Waals surface area contributed by atoms with Crippen LogP contribution in [0.15, 0.2) is 58.2 Å². The first-order valence-electron chi connectivity index (χ1n) is 11.6. The SMILES string of the molecule is CCOc1cccc(C2C(C(=O)c3cc4cc(Cl)cc(OC)c4o3)=C(O)C(=O)N2CCOC(C)C)c1. The Labute approximate surface area is 214 Å². The number of amides is 1. The van der Waals surface area contributed by atoms with E-state index in [2.05, 4.69) is 0 Å². The van der Waals surface area contributed by atoms with Crippen LogP contribution in [0, 0.1) is 0 Å². The number of carbonyl (C=O) groups is 2. The first-order chi connectivity index (χ1) is 17.2. The van der Waals surface area contributed by atoms with Gasteiger partial charge >= 0.3 is 0 Å². The molecule has 9 heteroatoms. The molecule has 1 N–H and O–H groups in total. The number of nitrogens with zero attached hydrogens (tertiary/aromatic N) is 1. The number of fused-ring (bicyclic) bond motifs is 1. The number of aliphatic hydroxyl groups is 1. The number of aliphatic hydroxyl groups excluding tert-OH is 1. The first-order valence-corrected chi connectivity index (χ1v) is 12.0. The molecule has 0 radical (unpaired) electrons. The summed E-state index contributed by atoms with van der Waals surface area (Å²) in [6, 6.07) is 11.0. The number of benzene rings is 2. The van der Waals surface area contributed by atoms with Crippen molar-refractivity contribution in [2.45, 2.75) is 32.9 Å². The van der Waals surface area contributed by atoms with Crippen LogP contribution >= 0.6 is 11.6 Å². The van der Waals surface area contributed by atoms with Crippen molar-refractivity contribution in [3.63, 3.8) is 0 Å². The second-order valence-electron chi connectivity index (χ2n) is 8.55. The van der Waals surface area contributed by atoms with Gasteiger partial charge in [0, 0.05) is 23.0 Å². The maximum absolute atomic E-state index is 13.8. The number of ether oxygens (including phenoxy) is 3. The maximum Gasteiger partial charge on any atom is 0.290 e. The third kappa shape index (κ3) is 4.92. The summed E-state index contributed by atoms with van der Waals surface area (Å²) in [6.07, 6.45) is -0.0394. The van der Waals surface area contributed by atoms with E-state index >= 15 is 0 Å². The maximum atomic E-state index is 13.8. The summed E-state index contributed by atoms with van der Waals surface area (Å²) in [7, 11) is 1.47. The number of hydrogen-bond donors (Lipinski definition) is 1. The van der Waals surface area contributed by atoms with E-state index in [1.54, 1.807) is 36.4 Å². The molecular formula is C27H28ClNO7. The lowest BCUT2D eigenvalue weighted by atomic mass is 9.95. The molecule has 3 aromatic rings. The van der Waals surface area contributed by atoms with Gasteiger partial charge in [-0.1, -0.05) is 23.7 Å². The zero-order valence-electron chi connectivity index (χ0n) is 20.5. The van der Waals surface area contributed by atoms with Crippen molar-refractivity contribution in [3.05, 3.63) is 70.1 Å². The highest BCUT2D eigenvalue weighted by molar-refractivity contribution is 6.31. The fourth-order valence-electron chi connectivity index (χ4n) is 4.27. The van der Waals surface area contributed by atoms with Crippen LogP contribution in [0.2, 0.25) is 5.02 Å². The highest BCUT2D eigenvalue weighted by atomic mass is 35.5. The average molecular weight is 514 g/mol. The largest absolute Gasteiger partial charge is 0.503 e. The van der Waals surface area contributed by atoms with Crippen LogP contribution in [0.25, 0.3) is 11.0 Å². The molecule has 8 nitrogen and oxygen atoms in total. The van der Waals surface area contributed by atoms with Gasteiger partial charge in [0.2, 0.25) is 5.78 Å². The molecular weight excluding hydrogens is 486 g/mol. The van der Waals surface area contributed by atoms with E-state index in [9.17, 15) is 14.7 Å². The number of furan rings is 1. The van der Waals surface area contributed by atoms with Crippen LogP contribution in [-0.4, -0.2) is 54.7 Å². The van der Waals surface area contributed by atoms with E-state index in [0.29, 0.717) is 39.7 Å². The summed E-state index contributed by atoms with van der Waals surface area (Å²) >= 11 is 6.16. The van der Waals surface area contributed by atoms with Gasteiger partial charge < -0.3 is 28.6 Å². The van der Waals surface area contributed by atoms with Gasteiger partial charge in [0.1, 0.15) is 5.75 Å². The number of methoxy groups -OCH3 is 1. The van der Waals surface area contributed by atoms with Crippen LogP contribution in [0.4, 0.5) is 0 Å². The van der Waals surface area contributed by atoms with Crippen LogP contribution < -0.4 is 9.47 Å². The minimum Gasteiger partial charge on any atom is -0.503 e. The van der Waals surface area contributed by atoms with Crippen LogP contribution in [-0.2, 0) is 9.53 Å². The Hall–Kier alpha value is -3.49. The van der Waals surface area contributed by atoms with Gasteiger partial charge in [0.05, 0.1) is 38.0 Å². The Morgan fingerprint density at radius 1 is 1.22 bits per heavy atom. The Morgan fingerprint density at radius 2 is 2.00 bits per heavy atom. The molecule has 1 unspecified atom stereocenters. The van der Waals surface area contributed by atoms with E-state index < -0.39 is 23.5 Å². The zero-order valence-corrected chi connectivity index (χ0v) is 21.3. The zero-order chi connectivity index (χ0) is 26.0. The van der Waals surface area contributed by atoms with Gasteiger partial charge in [0.25, 0.3) is 5.91 Å². The summed E-state index contributed by atoms with van der Waals surface area (Å²) in [4.78, 5) is 28.3. The predicted molar refractivity (Wildman–Crippen MR) is 135 cm³/mol. The lowest BCUT2D eigenvalue weighted by Gasteiger charge is -2.27. The molecule has 2 aromatic carbocycles. The molecule has 2 heterocycles. The Balaban J connectivity index is 1.78. The van der Waals surface area contributed by atoms with Crippen molar-refractivity contribution in [3.8, 4) is 11.5 Å². The van der Waals surface area contributed by atoms with Crippen molar-refractivity contribution in [2.24, 2.45) is 0 Å². The van der Waals surface area contributed by atoms with Gasteiger partial charge in [-0.3, -0.25) is 9.59 Å². The monoisotopic (exact) mass is 513 g/mol. The number of hydrogen-bond acceptors (Lipinski definition) is 7. The number of ketones is 1. The molecule has 0 saturated heterocycles. The van der Waals surface area contributed by atoms with Crippen LogP contribution in [0.5, 0.6) is 11.5 Å². The molecule has 1 aromatic heterocycles. The normalized spacial score (nSPS) is 15.9. The number of halogens is 1. The Morgan fingerprint density at radius 3 is 2.69 bits per heavy atom. The summed E-state index contributed by atoms with van der Waals surface area (Å²) in [5.41, 5.74) is 0.872. The third-order valence-corrected chi connectivity index (χ3v) is 6.03. The summed E-state index contributed by atoms with van der Waals surface area (Å²) in [5, 5.41) is 11.9. The van der Waals surface area contributed by atoms with Gasteiger partial charge in [-0.05, 0) is 50.6 Å². The van der Waals surface area contributed by atoms with Gasteiger partial charge in [-0.2, -0.15) is 0 Å². The highest BCUT2D eigenvalue weighted by Gasteiger charge is 2.44. The third-order valence-electron chi connectivity index (χ3n) is 5.81. The first kappa shape index (κ1) is 25.6. The second kappa shape index (κ2) is 10.6. The molecule has 190 valence electrons. The number of Topliss-reactive ketones (excluding diaryl/α,β-unsaturated/α-hetero) is 1. The van der Waals surface area contributed by atoms with E-state index in [1.165, 1.54) is 18.1 Å². The van der Waals surface area contributed by atoms with Gasteiger partial charge in [-0.25, -0.2) is 0 Å². The van der Waals surface area contributed by atoms with Gasteiger partial charge in [-0.15, -0.1) is 0 Å². The topological polar surface area (TPSA) is 98.4 Å². The molecule has 36 heavy (non-hydrogen) atoms. The lowest BCUT2D eigenvalue weighted by Crippen LogP contribution is -2.34. The lowest BCUT2D eigenvalue weighted by molar-refractivity contribution is -0.130. The van der Waals surface area contributed by atoms with Crippen molar-refractivity contribution < 1.29 is 33.3 Å². The molecule has 0 saturated carbocycles. The molecule has 4 rings (SSSR count). The van der Waals surface area contributed by atoms with E-state index in [4.69, 9.17) is 30.2 Å². The summed E-state index contributed by atoms with van der Waals surface area (Å²) < 4.78 is 22.4. The highest BCUT2D eigenvalue weighted by Crippen LogP contribution is 2.41. The fourth-order valence-corrected chi connectivity index (χ4v) is 4.49. The van der Waals surface area contributed by atoms with Crippen LogP contribution in [0.1, 0.15) is 42.9 Å². The fraction of sp³-hybridized carbons (Fsp3) is 0.333. The number of rotatable bonds is 10. The second-order valence-corrected chi connectivity index (χ2v) is 8.99. The molecule has 1 aliphatic rings. The minimum atomic E-state index is -0.861. The quantitative estimate of drug-likeness (QED) is 0.357. The Kier molecular flexibility index (Phi) is 7.56. The summed E-state index contributed by atoms with van der Waals surface area (Å²) in [6.45, 7) is 6.51. The molecule has 0 spiro atoms. The average Bonchev–Trinajstić information content (AvgIpc) is 3.38. The smallest absolute Gasteiger partial charge is 0.290 e. The molecule has 1 atom stereocenters. The Bertz CT molecular complexity index is 1330. The molecule has 0 aliphatic carbocycles. The van der Waals surface area contributed by atoms with E-state index in [0.717, 1.165) is 0 Å². The standard InChI is InChI=1S/C27H28ClNO7/c1-5-34-19-8-6-7-16(12-19)23-22(25(31)27(32)29(23)9-10-35-15(2)3)24(30)20-13-17-11-18(28)14-21(33-4)26(17)36-20/h6-8,11-15,23,31H,5,9-10H2,1-4H3. The van der Waals surface area contributed by atoms with Crippen molar-refractivity contribution in [2.75, 3.05) is 26.9 Å². The summed E-state index contributed by atoms with van der Waals surface area (Å²) in [5.74, 6) is -0.996. The van der Waals surface area contributed by atoms with Crippen LogP contribution in [0.3, 0.4) is 0 Å². The van der Waals surface area contributed by atoms with Crippen molar-refractivity contribution in [1.82, 2.24) is 4.90 Å². The van der Waals surface area contributed by atoms with E-state index in [-0.39, 0.29) is 30.6 Å². The number of carbonyl (C=O) groups excluding carboxylic acids is 2. The van der Waals surface area contributed by atoms with Gasteiger partial charge in [0.15, 0.2) is 22.9 Å².